The minimum atomic E-state index is -4.04. The molecular formula is C6H4BrClFNO2S. The lowest BCUT2D eigenvalue weighted by Crippen LogP contribution is -2.14. The van der Waals surface area contributed by atoms with Crippen molar-refractivity contribution >= 4 is 37.6 Å². The number of halogens is 3. The Morgan fingerprint density at radius 2 is 2.00 bits per heavy atom. The van der Waals surface area contributed by atoms with Crippen LogP contribution in [0.5, 0.6) is 0 Å². The lowest BCUT2D eigenvalue weighted by atomic mass is 10.3. The lowest BCUT2D eigenvalue weighted by molar-refractivity contribution is 0.564. The van der Waals surface area contributed by atoms with Gasteiger partial charge in [0.05, 0.1) is 9.50 Å². The maximum Gasteiger partial charge on any atom is 0.241 e. The number of benzene rings is 1. The van der Waals surface area contributed by atoms with Crippen molar-refractivity contribution < 1.29 is 12.8 Å². The first-order valence-electron chi connectivity index (χ1n) is 3.00. The average Bonchev–Trinajstić information content (AvgIpc) is 1.98. The highest BCUT2D eigenvalue weighted by molar-refractivity contribution is 9.10. The normalized spacial score (nSPS) is 11.7. The molecule has 0 radical (unpaired) electrons. The quantitative estimate of drug-likeness (QED) is 0.802. The number of hydrogen-bond donors (Lipinski definition) is 1. The van der Waals surface area contributed by atoms with Gasteiger partial charge in [0.15, 0.2) is 5.82 Å². The van der Waals surface area contributed by atoms with E-state index in [1.54, 1.807) is 0 Å². The summed E-state index contributed by atoms with van der Waals surface area (Å²) in [6.45, 7) is 0. The fourth-order valence-electron chi connectivity index (χ4n) is 0.728. The largest absolute Gasteiger partial charge is 0.241 e. The van der Waals surface area contributed by atoms with Gasteiger partial charge in [-0.15, -0.1) is 0 Å². The van der Waals surface area contributed by atoms with Crippen LogP contribution in [-0.4, -0.2) is 8.42 Å². The molecule has 0 saturated carbocycles. The zero-order chi connectivity index (χ0) is 10.2. The maximum atomic E-state index is 13.2. The van der Waals surface area contributed by atoms with E-state index < -0.39 is 20.7 Å². The molecule has 0 spiro atoms. The van der Waals surface area contributed by atoms with Crippen LogP contribution in [0, 0.1) is 5.82 Å². The zero-order valence-corrected chi connectivity index (χ0v) is 9.25. The molecule has 0 saturated heterocycles. The molecule has 0 atom stereocenters. The summed E-state index contributed by atoms with van der Waals surface area (Å²) >= 11 is 8.31. The number of rotatable bonds is 1. The third-order valence-electron chi connectivity index (χ3n) is 1.31. The molecule has 0 aliphatic carbocycles. The summed E-state index contributed by atoms with van der Waals surface area (Å²) in [4.78, 5) is -0.580. The van der Waals surface area contributed by atoms with Gasteiger partial charge in [-0.25, -0.2) is 17.9 Å². The average molecular weight is 289 g/mol. The number of primary sulfonamides is 1. The molecule has 0 aliphatic rings. The Bertz CT molecular complexity index is 448. The van der Waals surface area contributed by atoms with Crippen LogP contribution < -0.4 is 5.14 Å². The Balaban J connectivity index is 3.53. The van der Waals surface area contributed by atoms with Crippen molar-refractivity contribution in [2.45, 2.75) is 4.90 Å². The molecule has 13 heavy (non-hydrogen) atoms. The van der Waals surface area contributed by atoms with Crippen molar-refractivity contribution in [2.75, 3.05) is 0 Å². The van der Waals surface area contributed by atoms with Crippen LogP contribution in [-0.2, 0) is 10.0 Å². The van der Waals surface area contributed by atoms with Crippen molar-refractivity contribution in [1.82, 2.24) is 0 Å². The lowest BCUT2D eigenvalue weighted by Gasteiger charge is -2.02. The molecule has 1 aromatic carbocycles. The number of hydrogen-bond acceptors (Lipinski definition) is 2. The monoisotopic (exact) mass is 287 g/mol. The van der Waals surface area contributed by atoms with Gasteiger partial charge in [-0.1, -0.05) is 11.6 Å². The third kappa shape index (κ3) is 2.19. The molecule has 0 fully saturated rings. The van der Waals surface area contributed by atoms with Crippen molar-refractivity contribution in [3.05, 3.63) is 27.4 Å². The maximum absolute atomic E-state index is 13.2. The van der Waals surface area contributed by atoms with Crippen LogP contribution in [0.25, 0.3) is 0 Å². The van der Waals surface area contributed by atoms with Crippen molar-refractivity contribution in [1.29, 1.82) is 0 Å². The van der Waals surface area contributed by atoms with Crippen LogP contribution in [0.2, 0.25) is 5.02 Å². The fraction of sp³-hybridized carbons (Fsp3) is 0. The molecule has 0 aromatic heterocycles. The minimum absolute atomic E-state index is 0.0879. The Kier molecular flexibility index (Phi) is 2.96. The molecule has 1 aromatic rings. The van der Waals surface area contributed by atoms with E-state index in [4.69, 9.17) is 16.7 Å². The Morgan fingerprint density at radius 3 is 2.46 bits per heavy atom. The molecule has 0 amide bonds. The second-order valence-corrected chi connectivity index (χ2v) is 4.95. The summed E-state index contributed by atoms with van der Waals surface area (Å²) in [5, 5.41) is 4.83. The van der Waals surface area contributed by atoms with Gasteiger partial charge in [-0.05, 0) is 28.1 Å². The summed E-state index contributed by atoms with van der Waals surface area (Å²) in [7, 11) is -4.04. The van der Waals surface area contributed by atoms with E-state index in [1.807, 2.05) is 0 Å². The summed E-state index contributed by atoms with van der Waals surface area (Å²) in [5.41, 5.74) is 0. The van der Waals surface area contributed by atoms with Crippen LogP contribution in [0.1, 0.15) is 0 Å². The molecule has 2 N–H and O–H groups in total. The summed E-state index contributed by atoms with van der Waals surface area (Å²) in [6, 6.07) is 2.26. The van der Waals surface area contributed by atoms with E-state index in [0.717, 1.165) is 6.07 Å². The Morgan fingerprint density at radius 1 is 1.46 bits per heavy atom. The number of sulfonamides is 1. The van der Waals surface area contributed by atoms with E-state index in [-0.39, 0.29) is 9.50 Å². The summed E-state index contributed by atoms with van der Waals surface area (Å²) < 4.78 is 34.6. The predicted octanol–water partition coefficient (Wildman–Crippen LogP) is 1.89. The van der Waals surface area contributed by atoms with E-state index in [1.165, 1.54) is 6.07 Å². The SMILES string of the molecule is NS(=O)(=O)c1ccc(Cl)c(Br)c1F. The zero-order valence-electron chi connectivity index (χ0n) is 6.09. The molecule has 7 heteroatoms. The van der Waals surface area contributed by atoms with Crippen molar-refractivity contribution in [2.24, 2.45) is 5.14 Å². The van der Waals surface area contributed by atoms with Crippen LogP contribution in [0.15, 0.2) is 21.5 Å². The molecule has 1 rings (SSSR count). The highest BCUT2D eigenvalue weighted by atomic mass is 79.9. The first-order valence-corrected chi connectivity index (χ1v) is 5.72. The molecule has 0 heterocycles. The minimum Gasteiger partial charge on any atom is -0.225 e. The van der Waals surface area contributed by atoms with Gasteiger partial charge < -0.3 is 0 Å². The van der Waals surface area contributed by atoms with Gasteiger partial charge in [0.1, 0.15) is 4.90 Å². The Labute approximate surface area is 87.9 Å². The van der Waals surface area contributed by atoms with E-state index in [9.17, 15) is 12.8 Å². The molecule has 0 bridgehead atoms. The van der Waals surface area contributed by atoms with Gasteiger partial charge in [0, 0.05) is 0 Å². The summed E-state index contributed by atoms with van der Waals surface area (Å²) in [6.07, 6.45) is 0. The van der Waals surface area contributed by atoms with Gasteiger partial charge in [-0.3, -0.25) is 0 Å². The molecular weight excluding hydrogens is 284 g/mol. The topological polar surface area (TPSA) is 60.2 Å². The first-order chi connectivity index (χ1) is 5.84. The van der Waals surface area contributed by atoms with Crippen LogP contribution >= 0.6 is 27.5 Å². The van der Waals surface area contributed by atoms with Gasteiger partial charge in [0.25, 0.3) is 0 Å². The van der Waals surface area contributed by atoms with Crippen LogP contribution in [0.3, 0.4) is 0 Å². The van der Waals surface area contributed by atoms with Gasteiger partial charge in [-0.2, -0.15) is 0 Å². The first kappa shape index (κ1) is 10.9. The second-order valence-electron chi connectivity index (χ2n) is 2.22. The van der Waals surface area contributed by atoms with E-state index in [0.29, 0.717) is 0 Å². The second kappa shape index (κ2) is 3.53. The standard InChI is InChI=1S/C6H4BrClFNO2S/c7-5-3(8)1-2-4(6(5)9)13(10,11)12/h1-2H,(H2,10,11,12). The molecule has 0 unspecified atom stereocenters. The van der Waals surface area contributed by atoms with Crippen molar-refractivity contribution in [3.63, 3.8) is 0 Å². The van der Waals surface area contributed by atoms with E-state index >= 15 is 0 Å². The van der Waals surface area contributed by atoms with E-state index in [2.05, 4.69) is 15.9 Å². The summed E-state index contributed by atoms with van der Waals surface area (Å²) in [5.74, 6) is -0.977. The molecule has 0 aliphatic heterocycles. The fourth-order valence-corrected chi connectivity index (χ4v) is 1.96. The predicted molar refractivity (Wildman–Crippen MR) is 50.5 cm³/mol. The van der Waals surface area contributed by atoms with Gasteiger partial charge in [0.2, 0.25) is 10.0 Å². The van der Waals surface area contributed by atoms with Crippen molar-refractivity contribution in [3.8, 4) is 0 Å². The molecule has 3 nitrogen and oxygen atoms in total. The Hall–Kier alpha value is -0.170. The molecule has 72 valence electrons. The van der Waals surface area contributed by atoms with Crippen LogP contribution in [0.4, 0.5) is 4.39 Å². The third-order valence-corrected chi connectivity index (χ3v) is 3.55. The highest BCUT2D eigenvalue weighted by Crippen LogP contribution is 2.29. The van der Waals surface area contributed by atoms with Gasteiger partial charge >= 0.3 is 0 Å². The number of nitrogens with two attached hydrogens (primary N) is 1. The highest BCUT2D eigenvalue weighted by Gasteiger charge is 2.18. The smallest absolute Gasteiger partial charge is 0.225 e.